The molecule has 1 heterocycles. The lowest BCUT2D eigenvalue weighted by atomic mass is 10.2. The maximum atomic E-state index is 12.6. The van der Waals surface area contributed by atoms with Crippen molar-refractivity contribution in [1.82, 2.24) is 15.6 Å². The number of amides is 3. The predicted octanol–water partition coefficient (Wildman–Crippen LogP) is 4.00. The van der Waals surface area contributed by atoms with Gasteiger partial charge in [0.05, 0.1) is 15.8 Å². The van der Waals surface area contributed by atoms with E-state index in [9.17, 15) is 22.8 Å². The first-order valence-corrected chi connectivity index (χ1v) is 8.93. The molecule has 1 fully saturated rings. The summed E-state index contributed by atoms with van der Waals surface area (Å²) >= 11 is 6.69. The van der Waals surface area contributed by atoms with Crippen LogP contribution >= 0.6 is 23.4 Å². The zero-order valence-corrected chi connectivity index (χ0v) is 14.9. The lowest BCUT2D eigenvalue weighted by Crippen LogP contribution is -2.45. The molecule has 2 rings (SSSR count). The van der Waals surface area contributed by atoms with E-state index >= 15 is 0 Å². The second-order valence-corrected chi connectivity index (χ2v) is 7.45. The topological polar surface area (TPSA) is 71.1 Å². The van der Waals surface area contributed by atoms with Crippen LogP contribution in [-0.2, 0) is 11.0 Å². The fraction of sp³-hybridized carbons (Fsp3) is 0.533. The van der Waals surface area contributed by atoms with Gasteiger partial charge in [-0.15, -0.1) is 0 Å². The number of hydrogen-bond donors (Lipinski definition) is 2. The molecule has 1 aliphatic rings. The van der Waals surface area contributed by atoms with E-state index in [4.69, 9.17) is 11.6 Å². The number of urea groups is 1. The summed E-state index contributed by atoms with van der Waals surface area (Å²) in [5.74, 6) is -0.571. The monoisotopic (exact) mass is 395 g/mol. The number of hydrogen-bond acceptors (Lipinski definition) is 4. The highest BCUT2D eigenvalue weighted by atomic mass is 35.5. The molecule has 10 heteroatoms. The quantitative estimate of drug-likeness (QED) is 0.756. The largest absolute Gasteiger partial charge is 0.417 e. The molecule has 0 unspecified atom stereocenters. The van der Waals surface area contributed by atoms with Crippen LogP contribution < -0.4 is 10.6 Å². The van der Waals surface area contributed by atoms with Gasteiger partial charge in [-0.25, -0.2) is 9.78 Å². The Kier molecular flexibility index (Phi) is 6.56. The van der Waals surface area contributed by atoms with Crippen molar-refractivity contribution in [2.45, 2.75) is 55.1 Å². The van der Waals surface area contributed by atoms with Crippen LogP contribution in [0.15, 0.2) is 17.3 Å². The van der Waals surface area contributed by atoms with Crippen LogP contribution in [0.2, 0.25) is 5.02 Å². The van der Waals surface area contributed by atoms with E-state index in [1.165, 1.54) is 6.92 Å². The van der Waals surface area contributed by atoms with E-state index in [0.717, 1.165) is 43.5 Å². The fourth-order valence-corrected chi connectivity index (χ4v) is 3.48. The molecule has 138 valence electrons. The van der Waals surface area contributed by atoms with Crippen molar-refractivity contribution in [1.29, 1.82) is 0 Å². The van der Waals surface area contributed by atoms with E-state index in [1.807, 2.05) is 0 Å². The molecule has 1 aliphatic carbocycles. The summed E-state index contributed by atoms with van der Waals surface area (Å²) < 4.78 is 37.8. The Bertz CT molecular complexity index is 651. The SMILES string of the molecule is C[C@@H](Sc1ncc(C(F)(F)F)cc1Cl)C(=O)NC(=O)NC1CCCC1. The lowest BCUT2D eigenvalue weighted by molar-refractivity contribution is -0.137. The van der Waals surface area contributed by atoms with Crippen LogP contribution in [0.25, 0.3) is 0 Å². The van der Waals surface area contributed by atoms with Crippen LogP contribution in [-0.4, -0.2) is 28.2 Å². The molecular weight excluding hydrogens is 379 g/mol. The minimum absolute atomic E-state index is 0.0711. The second-order valence-electron chi connectivity index (χ2n) is 5.71. The minimum Gasteiger partial charge on any atom is -0.335 e. The second kappa shape index (κ2) is 8.27. The van der Waals surface area contributed by atoms with Gasteiger partial charge in [-0.1, -0.05) is 36.2 Å². The molecule has 0 radical (unpaired) electrons. The van der Waals surface area contributed by atoms with E-state index in [-0.39, 0.29) is 16.1 Å². The normalized spacial score (nSPS) is 16.5. The van der Waals surface area contributed by atoms with Crippen LogP contribution in [0.3, 0.4) is 0 Å². The molecule has 5 nitrogen and oxygen atoms in total. The summed E-state index contributed by atoms with van der Waals surface area (Å²) in [7, 11) is 0. The van der Waals surface area contributed by atoms with Crippen LogP contribution in [0, 0.1) is 0 Å². The first-order valence-electron chi connectivity index (χ1n) is 7.67. The Morgan fingerprint density at radius 2 is 2.00 bits per heavy atom. The van der Waals surface area contributed by atoms with Gasteiger partial charge in [0, 0.05) is 12.2 Å². The Morgan fingerprint density at radius 3 is 2.56 bits per heavy atom. The van der Waals surface area contributed by atoms with E-state index in [0.29, 0.717) is 6.20 Å². The molecule has 1 saturated carbocycles. The standard InChI is InChI=1S/C15H17ClF3N3O2S/c1-8(12(23)22-14(24)21-10-4-2-3-5-10)25-13-11(16)6-9(7-20-13)15(17,18)19/h6-8,10H,2-5H2,1H3,(H2,21,22,23,24)/t8-/m1/s1. The Hall–Kier alpha value is -1.48. The number of rotatable bonds is 4. The summed E-state index contributed by atoms with van der Waals surface area (Å²) in [5.41, 5.74) is -0.963. The zero-order valence-electron chi connectivity index (χ0n) is 13.3. The van der Waals surface area contributed by atoms with Crippen molar-refractivity contribution in [2.24, 2.45) is 0 Å². The first kappa shape index (κ1) is 19.8. The summed E-state index contributed by atoms with van der Waals surface area (Å²) in [4.78, 5) is 27.5. The van der Waals surface area contributed by atoms with Gasteiger partial charge in [0.15, 0.2) is 0 Å². The highest BCUT2D eigenvalue weighted by Gasteiger charge is 2.32. The van der Waals surface area contributed by atoms with Gasteiger partial charge in [0.25, 0.3) is 0 Å². The molecule has 1 atom stereocenters. The molecule has 2 N–H and O–H groups in total. The van der Waals surface area contributed by atoms with Gasteiger partial charge in [0.1, 0.15) is 5.03 Å². The van der Waals surface area contributed by atoms with Gasteiger partial charge in [-0.05, 0) is 25.8 Å². The summed E-state index contributed by atoms with van der Waals surface area (Å²) in [6.07, 6.45) is -0.0206. The number of nitrogens with zero attached hydrogens (tertiary/aromatic N) is 1. The maximum absolute atomic E-state index is 12.6. The molecule has 0 aromatic carbocycles. The number of nitrogens with one attached hydrogen (secondary N) is 2. The third kappa shape index (κ3) is 5.78. The molecular formula is C15H17ClF3N3O2S. The summed E-state index contributed by atoms with van der Waals surface area (Å²) in [6, 6.07) is 0.256. The van der Waals surface area contributed by atoms with Crippen LogP contribution in [0.5, 0.6) is 0 Å². The average molecular weight is 396 g/mol. The van der Waals surface area contributed by atoms with E-state index < -0.39 is 28.9 Å². The molecule has 0 spiro atoms. The zero-order chi connectivity index (χ0) is 18.6. The number of alkyl halides is 3. The minimum atomic E-state index is -4.54. The number of imide groups is 1. The Balaban J connectivity index is 1.91. The molecule has 0 bridgehead atoms. The first-order chi connectivity index (χ1) is 11.7. The van der Waals surface area contributed by atoms with Gasteiger partial charge >= 0.3 is 12.2 Å². The number of thioether (sulfide) groups is 1. The molecule has 25 heavy (non-hydrogen) atoms. The maximum Gasteiger partial charge on any atom is 0.417 e. The van der Waals surface area contributed by atoms with Crippen molar-refractivity contribution < 1.29 is 22.8 Å². The lowest BCUT2D eigenvalue weighted by Gasteiger charge is -2.15. The Labute approximate surface area is 152 Å². The van der Waals surface area contributed by atoms with E-state index in [2.05, 4.69) is 15.6 Å². The number of aromatic nitrogens is 1. The molecule has 1 aromatic rings. The summed E-state index contributed by atoms with van der Waals surface area (Å²) in [5, 5.41) is 4.08. The van der Waals surface area contributed by atoms with Crippen molar-refractivity contribution in [2.75, 3.05) is 0 Å². The number of halogens is 4. The molecule has 0 aliphatic heterocycles. The van der Waals surface area contributed by atoms with Crippen LogP contribution in [0.4, 0.5) is 18.0 Å². The van der Waals surface area contributed by atoms with Crippen molar-refractivity contribution in [3.8, 4) is 0 Å². The highest BCUT2D eigenvalue weighted by molar-refractivity contribution is 8.00. The average Bonchev–Trinajstić information content (AvgIpc) is 3.00. The Morgan fingerprint density at radius 1 is 1.36 bits per heavy atom. The van der Waals surface area contributed by atoms with Crippen molar-refractivity contribution >= 4 is 35.3 Å². The van der Waals surface area contributed by atoms with Gasteiger partial charge in [0.2, 0.25) is 5.91 Å². The number of carbonyl (C=O) groups excluding carboxylic acids is 2. The third-order valence-corrected chi connectivity index (χ3v) is 5.24. The van der Waals surface area contributed by atoms with E-state index in [1.54, 1.807) is 0 Å². The summed E-state index contributed by atoms with van der Waals surface area (Å²) in [6.45, 7) is 1.51. The number of carbonyl (C=O) groups is 2. The molecule has 1 aromatic heterocycles. The van der Waals surface area contributed by atoms with Gasteiger partial charge in [-0.2, -0.15) is 13.2 Å². The van der Waals surface area contributed by atoms with Gasteiger partial charge in [-0.3, -0.25) is 10.1 Å². The van der Waals surface area contributed by atoms with Crippen molar-refractivity contribution in [3.05, 3.63) is 22.8 Å². The third-order valence-electron chi connectivity index (χ3n) is 3.72. The highest BCUT2D eigenvalue weighted by Crippen LogP contribution is 2.34. The fourth-order valence-electron chi connectivity index (χ4n) is 2.39. The smallest absolute Gasteiger partial charge is 0.335 e. The molecule has 0 saturated heterocycles. The van der Waals surface area contributed by atoms with Crippen LogP contribution in [0.1, 0.15) is 38.2 Å². The van der Waals surface area contributed by atoms with Gasteiger partial charge < -0.3 is 5.32 Å². The number of pyridine rings is 1. The van der Waals surface area contributed by atoms with Crippen molar-refractivity contribution in [3.63, 3.8) is 0 Å². The predicted molar refractivity (Wildman–Crippen MR) is 88.5 cm³/mol. The molecule has 3 amide bonds.